The Hall–Kier alpha value is -0.380. The van der Waals surface area contributed by atoms with Crippen LogP contribution in [0.25, 0.3) is 0 Å². The van der Waals surface area contributed by atoms with Gasteiger partial charge in [-0.1, -0.05) is 0 Å². The molecule has 3 aliphatic rings. The highest BCUT2D eigenvalue weighted by Crippen LogP contribution is 2.75. The van der Waals surface area contributed by atoms with Gasteiger partial charge in [0.2, 0.25) is 5.91 Å². The van der Waals surface area contributed by atoms with Gasteiger partial charge in [0.25, 0.3) is 0 Å². The van der Waals surface area contributed by atoms with E-state index in [-0.39, 0.29) is 5.41 Å². The maximum atomic E-state index is 11.9. The van der Waals surface area contributed by atoms with Crippen LogP contribution in [0.15, 0.2) is 0 Å². The van der Waals surface area contributed by atoms with E-state index < -0.39 is 10.8 Å². The molecule has 0 radical (unpaired) electrons. The van der Waals surface area contributed by atoms with Crippen molar-refractivity contribution in [2.75, 3.05) is 24.6 Å². The van der Waals surface area contributed by atoms with Crippen LogP contribution < -0.4 is 0 Å². The van der Waals surface area contributed by atoms with Gasteiger partial charge in [0.15, 0.2) is 0 Å². The molecule has 1 saturated heterocycles. The number of fused-ring (bicyclic) bond motifs is 1. The average Bonchev–Trinajstić information content (AvgIpc) is 2.91. The summed E-state index contributed by atoms with van der Waals surface area (Å²) in [5.74, 6) is 2.46. The van der Waals surface area contributed by atoms with Gasteiger partial charge in [-0.25, -0.2) is 0 Å². The van der Waals surface area contributed by atoms with E-state index in [9.17, 15) is 9.00 Å². The minimum absolute atomic E-state index is 0.110. The molecular formula is C9H13NO2S. The van der Waals surface area contributed by atoms with E-state index in [0.29, 0.717) is 17.4 Å². The number of rotatable bonds is 1. The summed E-state index contributed by atoms with van der Waals surface area (Å²) < 4.78 is 11.1. The summed E-state index contributed by atoms with van der Waals surface area (Å²) >= 11 is 0. The first kappa shape index (κ1) is 7.97. The molecule has 0 aromatic carbocycles. The molecule has 0 aromatic rings. The average molecular weight is 199 g/mol. The second-order valence-corrected chi connectivity index (χ2v) is 6.10. The minimum Gasteiger partial charge on any atom is -0.340 e. The van der Waals surface area contributed by atoms with Crippen LogP contribution in [0, 0.1) is 11.3 Å². The van der Waals surface area contributed by atoms with Gasteiger partial charge in [0.05, 0.1) is 5.41 Å². The van der Waals surface area contributed by atoms with Crippen LogP contribution in [0.1, 0.15) is 12.8 Å². The summed E-state index contributed by atoms with van der Waals surface area (Å²) in [6.45, 7) is 1.44. The van der Waals surface area contributed by atoms with Crippen molar-refractivity contribution in [1.82, 2.24) is 4.90 Å². The fraction of sp³-hybridized carbons (Fsp3) is 0.889. The van der Waals surface area contributed by atoms with Crippen LogP contribution in [0.5, 0.6) is 0 Å². The van der Waals surface area contributed by atoms with Crippen molar-refractivity contribution >= 4 is 16.7 Å². The van der Waals surface area contributed by atoms with Gasteiger partial charge >= 0.3 is 0 Å². The van der Waals surface area contributed by atoms with Gasteiger partial charge in [-0.3, -0.25) is 9.00 Å². The molecule has 72 valence electrons. The summed E-state index contributed by atoms with van der Waals surface area (Å²) in [7, 11) is -0.664. The van der Waals surface area contributed by atoms with Crippen LogP contribution >= 0.6 is 0 Å². The first-order chi connectivity index (χ1) is 6.22. The van der Waals surface area contributed by atoms with Crippen LogP contribution in [0.3, 0.4) is 0 Å². The molecule has 2 saturated carbocycles. The van der Waals surface area contributed by atoms with Crippen molar-refractivity contribution in [2.45, 2.75) is 12.8 Å². The second kappa shape index (κ2) is 2.35. The van der Waals surface area contributed by atoms with Crippen LogP contribution in [0.4, 0.5) is 0 Å². The van der Waals surface area contributed by atoms with E-state index >= 15 is 0 Å². The summed E-state index contributed by atoms with van der Waals surface area (Å²) in [6.07, 6.45) is 2.26. The van der Waals surface area contributed by atoms with Crippen molar-refractivity contribution < 1.29 is 9.00 Å². The molecule has 3 rings (SSSR count). The molecule has 1 amide bonds. The third-order valence-electron chi connectivity index (χ3n) is 3.57. The topological polar surface area (TPSA) is 37.4 Å². The number of carbonyl (C=O) groups is 1. The van der Waals surface area contributed by atoms with Crippen LogP contribution in [-0.2, 0) is 15.6 Å². The second-order valence-electron chi connectivity index (χ2n) is 4.40. The minimum atomic E-state index is -0.664. The molecule has 13 heavy (non-hydrogen) atoms. The third-order valence-corrected chi connectivity index (χ3v) is 4.85. The summed E-state index contributed by atoms with van der Waals surface area (Å²) in [5, 5.41) is 0. The molecule has 1 heterocycles. The standard InChI is InChI=1S/C9H13NO2S/c11-8(9-5-7(9)6-9)10-1-3-13(12)4-2-10/h7H,1-6H2. The van der Waals surface area contributed by atoms with E-state index in [0.717, 1.165) is 31.8 Å². The largest absolute Gasteiger partial charge is 0.340 e. The normalized spacial score (nSPS) is 42.8. The Morgan fingerprint density at radius 3 is 2.31 bits per heavy atom. The van der Waals surface area contributed by atoms with Crippen LogP contribution in [-0.4, -0.2) is 39.6 Å². The number of carbonyl (C=O) groups excluding carboxylic acids is 1. The molecule has 0 aromatic heterocycles. The lowest BCUT2D eigenvalue weighted by Crippen LogP contribution is -2.43. The fourth-order valence-electron chi connectivity index (χ4n) is 2.21. The van der Waals surface area contributed by atoms with Crippen molar-refractivity contribution in [3.63, 3.8) is 0 Å². The van der Waals surface area contributed by atoms with Crippen molar-refractivity contribution in [3.8, 4) is 0 Å². The van der Waals surface area contributed by atoms with Gasteiger partial charge in [0.1, 0.15) is 0 Å². The highest BCUT2D eigenvalue weighted by Gasteiger charge is 2.75. The van der Waals surface area contributed by atoms with Gasteiger partial charge in [-0.15, -0.1) is 0 Å². The number of amides is 1. The maximum absolute atomic E-state index is 11.9. The third kappa shape index (κ3) is 1.08. The lowest BCUT2D eigenvalue weighted by Gasteiger charge is -2.27. The summed E-state index contributed by atoms with van der Waals surface area (Å²) in [6, 6.07) is 0. The quantitative estimate of drug-likeness (QED) is 0.595. The first-order valence-corrected chi connectivity index (χ1v) is 6.35. The zero-order chi connectivity index (χ0) is 9.05. The van der Waals surface area contributed by atoms with Crippen molar-refractivity contribution in [2.24, 2.45) is 11.3 Å². The van der Waals surface area contributed by atoms with Gasteiger partial charge in [-0.05, 0) is 18.8 Å². The van der Waals surface area contributed by atoms with E-state index in [1.165, 1.54) is 0 Å². The zero-order valence-electron chi connectivity index (χ0n) is 7.49. The monoisotopic (exact) mass is 199 g/mol. The maximum Gasteiger partial charge on any atom is 0.229 e. The molecule has 3 fully saturated rings. The Morgan fingerprint density at radius 1 is 1.31 bits per heavy atom. The number of nitrogens with zero attached hydrogens (tertiary/aromatic N) is 1. The lowest BCUT2D eigenvalue weighted by atomic mass is 10.2. The highest BCUT2D eigenvalue weighted by atomic mass is 32.2. The molecule has 2 aliphatic carbocycles. The Morgan fingerprint density at radius 2 is 1.85 bits per heavy atom. The van der Waals surface area contributed by atoms with E-state index in [4.69, 9.17) is 0 Å². The molecule has 0 N–H and O–H groups in total. The zero-order valence-corrected chi connectivity index (χ0v) is 8.31. The van der Waals surface area contributed by atoms with Crippen LogP contribution in [0.2, 0.25) is 0 Å². The molecule has 3 nitrogen and oxygen atoms in total. The predicted molar refractivity (Wildman–Crippen MR) is 49.6 cm³/mol. The SMILES string of the molecule is O=C(N1CCS(=O)CC1)C12CC1C2. The molecule has 0 spiro atoms. The highest BCUT2D eigenvalue weighted by molar-refractivity contribution is 7.85. The molecule has 0 atom stereocenters. The molecular weight excluding hydrogens is 186 g/mol. The Balaban J connectivity index is 1.65. The molecule has 4 heteroatoms. The fourth-order valence-corrected chi connectivity index (χ4v) is 3.26. The van der Waals surface area contributed by atoms with Crippen molar-refractivity contribution in [3.05, 3.63) is 0 Å². The Bertz CT molecular complexity index is 286. The molecule has 0 bridgehead atoms. The molecule has 1 aliphatic heterocycles. The lowest BCUT2D eigenvalue weighted by molar-refractivity contribution is -0.134. The molecule has 0 unspecified atom stereocenters. The van der Waals surface area contributed by atoms with Gasteiger partial charge in [0, 0.05) is 35.4 Å². The Labute approximate surface area is 79.9 Å². The first-order valence-electron chi connectivity index (χ1n) is 4.87. The van der Waals surface area contributed by atoms with Gasteiger partial charge < -0.3 is 4.90 Å². The number of hydrogen-bond donors (Lipinski definition) is 0. The van der Waals surface area contributed by atoms with E-state index in [1.54, 1.807) is 0 Å². The predicted octanol–water partition coefficient (Wildman–Crippen LogP) is -0.0127. The van der Waals surface area contributed by atoms with Gasteiger partial charge in [-0.2, -0.15) is 0 Å². The van der Waals surface area contributed by atoms with E-state index in [2.05, 4.69) is 0 Å². The Kier molecular flexibility index (Phi) is 1.44. The smallest absolute Gasteiger partial charge is 0.229 e. The summed E-state index contributed by atoms with van der Waals surface area (Å²) in [4.78, 5) is 13.8. The van der Waals surface area contributed by atoms with E-state index in [1.807, 2.05) is 4.90 Å². The van der Waals surface area contributed by atoms with Crippen molar-refractivity contribution in [1.29, 1.82) is 0 Å². The number of hydrogen-bond acceptors (Lipinski definition) is 2. The summed E-state index contributed by atoms with van der Waals surface area (Å²) in [5.41, 5.74) is 0.110.